The summed E-state index contributed by atoms with van der Waals surface area (Å²) in [5.74, 6) is 0. The van der Waals surface area contributed by atoms with Crippen molar-refractivity contribution < 1.29 is 13.5 Å². The molecule has 2 rings (SSSR count). The zero-order valence-corrected chi connectivity index (χ0v) is 12.8. The number of hydrogen-bond acceptors (Lipinski definition) is 4. The molecule has 4 nitrogen and oxygen atoms in total. The van der Waals surface area contributed by atoms with Gasteiger partial charge in [-0.15, -0.1) is 11.3 Å². The van der Waals surface area contributed by atoms with Crippen molar-refractivity contribution in [1.82, 2.24) is 4.72 Å². The summed E-state index contributed by atoms with van der Waals surface area (Å²) in [6.45, 7) is 2.54. The van der Waals surface area contributed by atoms with Gasteiger partial charge in [0.25, 0.3) is 0 Å². The molecule has 0 aromatic carbocycles. The Balaban J connectivity index is 2.01. The van der Waals surface area contributed by atoms with Crippen molar-refractivity contribution in [2.45, 2.75) is 49.8 Å². The van der Waals surface area contributed by atoms with E-state index < -0.39 is 10.0 Å². The van der Waals surface area contributed by atoms with E-state index >= 15 is 0 Å². The first-order valence-corrected chi connectivity index (χ1v) is 8.99. The van der Waals surface area contributed by atoms with Gasteiger partial charge in [0.1, 0.15) is 4.21 Å². The number of rotatable bonds is 5. The monoisotopic (exact) mass is 303 g/mol. The van der Waals surface area contributed by atoms with Crippen LogP contribution in [0, 0.1) is 5.41 Å². The Morgan fingerprint density at radius 1 is 1.37 bits per heavy atom. The zero-order chi connectivity index (χ0) is 13.9. The normalized spacial score (nSPS) is 19.5. The minimum Gasteiger partial charge on any atom is -0.392 e. The van der Waals surface area contributed by atoms with E-state index in [9.17, 15) is 8.42 Å². The highest BCUT2D eigenvalue weighted by molar-refractivity contribution is 7.91. The van der Waals surface area contributed by atoms with Gasteiger partial charge in [0.15, 0.2) is 0 Å². The van der Waals surface area contributed by atoms with Gasteiger partial charge in [0.05, 0.1) is 6.61 Å². The summed E-state index contributed by atoms with van der Waals surface area (Å²) in [7, 11) is -3.43. The SMILES string of the molecule is CC1(CNS(=O)(=O)c2cc(CO)cs2)CCCCC1. The molecule has 108 valence electrons. The maximum atomic E-state index is 12.2. The Kier molecular flexibility index (Phi) is 4.66. The van der Waals surface area contributed by atoms with Gasteiger partial charge < -0.3 is 5.11 Å². The predicted molar refractivity (Wildman–Crippen MR) is 76.6 cm³/mol. The molecule has 19 heavy (non-hydrogen) atoms. The van der Waals surface area contributed by atoms with E-state index in [1.807, 2.05) is 0 Å². The maximum Gasteiger partial charge on any atom is 0.250 e. The molecule has 0 unspecified atom stereocenters. The lowest BCUT2D eigenvalue weighted by molar-refractivity contribution is 0.219. The highest BCUT2D eigenvalue weighted by atomic mass is 32.2. The van der Waals surface area contributed by atoms with E-state index in [4.69, 9.17) is 5.11 Å². The second-order valence-corrected chi connectivity index (χ2v) is 8.53. The van der Waals surface area contributed by atoms with Gasteiger partial charge in [-0.05, 0) is 35.3 Å². The highest BCUT2D eigenvalue weighted by Crippen LogP contribution is 2.35. The quantitative estimate of drug-likeness (QED) is 0.878. The minimum atomic E-state index is -3.43. The molecule has 0 atom stereocenters. The van der Waals surface area contributed by atoms with Gasteiger partial charge in [-0.3, -0.25) is 0 Å². The molecule has 0 saturated heterocycles. The summed E-state index contributed by atoms with van der Waals surface area (Å²) in [6, 6.07) is 1.54. The van der Waals surface area contributed by atoms with Gasteiger partial charge in [-0.2, -0.15) is 0 Å². The summed E-state index contributed by atoms with van der Waals surface area (Å²) in [6.07, 6.45) is 5.80. The van der Waals surface area contributed by atoms with E-state index in [-0.39, 0.29) is 16.2 Å². The second-order valence-electron chi connectivity index (χ2n) is 5.63. The van der Waals surface area contributed by atoms with E-state index in [1.165, 1.54) is 25.3 Å². The van der Waals surface area contributed by atoms with Crippen molar-refractivity contribution >= 4 is 21.4 Å². The molecule has 1 fully saturated rings. The van der Waals surface area contributed by atoms with Crippen molar-refractivity contribution in [3.8, 4) is 0 Å². The van der Waals surface area contributed by atoms with Gasteiger partial charge in [0.2, 0.25) is 10.0 Å². The molecule has 1 aromatic heterocycles. The molecule has 1 aromatic rings. The van der Waals surface area contributed by atoms with E-state index in [0.717, 1.165) is 24.2 Å². The summed E-state index contributed by atoms with van der Waals surface area (Å²) in [4.78, 5) is 0. The van der Waals surface area contributed by atoms with Crippen molar-refractivity contribution in [3.63, 3.8) is 0 Å². The van der Waals surface area contributed by atoms with Gasteiger partial charge in [-0.1, -0.05) is 26.2 Å². The molecule has 1 aliphatic rings. The molecule has 0 radical (unpaired) electrons. The minimum absolute atomic E-state index is 0.0857. The molecule has 6 heteroatoms. The number of nitrogens with one attached hydrogen (secondary N) is 1. The van der Waals surface area contributed by atoms with Gasteiger partial charge >= 0.3 is 0 Å². The van der Waals surface area contributed by atoms with Gasteiger partial charge in [0, 0.05) is 6.54 Å². The summed E-state index contributed by atoms with van der Waals surface area (Å²) < 4.78 is 27.3. The maximum absolute atomic E-state index is 12.2. The fourth-order valence-electron chi connectivity index (χ4n) is 2.50. The lowest BCUT2D eigenvalue weighted by atomic mass is 9.76. The third-order valence-corrected chi connectivity index (χ3v) is 6.72. The molecular weight excluding hydrogens is 282 g/mol. The molecular formula is C13H21NO3S2. The van der Waals surface area contributed by atoms with E-state index in [0.29, 0.717) is 12.1 Å². The van der Waals surface area contributed by atoms with E-state index in [2.05, 4.69) is 11.6 Å². The van der Waals surface area contributed by atoms with Crippen LogP contribution in [-0.2, 0) is 16.6 Å². The fourth-order valence-corrected chi connectivity index (χ4v) is 4.94. The number of thiophene rings is 1. The number of aliphatic hydroxyl groups is 1. The molecule has 0 aliphatic heterocycles. The average Bonchev–Trinajstić information content (AvgIpc) is 2.87. The highest BCUT2D eigenvalue weighted by Gasteiger charge is 2.29. The number of sulfonamides is 1. The van der Waals surface area contributed by atoms with Crippen LogP contribution in [0.1, 0.15) is 44.6 Å². The second kappa shape index (κ2) is 5.91. The van der Waals surface area contributed by atoms with Crippen LogP contribution in [0.4, 0.5) is 0 Å². The van der Waals surface area contributed by atoms with Crippen LogP contribution in [0.2, 0.25) is 0 Å². The van der Waals surface area contributed by atoms with Crippen molar-refractivity contribution in [2.75, 3.05) is 6.54 Å². The van der Waals surface area contributed by atoms with Gasteiger partial charge in [-0.25, -0.2) is 13.1 Å². The first-order chi connectivity index (χ1) is 8.95. The smallest absolute Gasteiger partial charge is 0.250 e. The van der Waals surface area contributed by atoms with Crippen LogP contribution in [0.3, 0.4) is 0 Å². The number of hydrogen-bond donors (Lipinski definition) is 2. The summed E-state index contributed by atoms with van der Waals surface area (Å²) in [5, 5.41) is 10.7. The van der Waals surface area contributed by atoms with Crippen molar-refractivity contribution in [3.05, 3.63) is 17.0 Å². The molecule has 1 aliphatic carbocycles. The molecule has 1 heterocycles. The molecule has 1 saturated carbocycles. The largest absolute Gasteiger partial charge is 0.392 e. The first-order valence-electron chi connectivity index (χ1n) is 6.63. The first kappa shape index (κ1) is 15.0. The Morgan fingerprint density at radius 3 is 2.63 bits per heavy atom. The predicted octanol–water partition coefficient (Wildman–Crippen LogP) is 2.49. The van der Waals surface area contributed by atoms with E-state index in [1.54, 1.807) is 5.38 Å². The molecule has 2 N–H and O–H groups in total. The fraction of sp³-hybridized carbons (Fsp3) is 0.692. The standard InChI is InChI=1S/C13H21NO3S2/c1-13(5-3-2-4-6-13)10-14-19(16,17)12-7-11(8-15)9-18-12/h7,9,14-15H,2-6,8,10H2,1H3. The third kappa shape index (κ3) is 3.78. The Bertz CT molecular complexity index is 516. The summed E-state index contributed by atoms with van der Waals surface area (Å²) in [5.41, 5.74) is 0.733. The van der Waals surface area contributed by atoms with Crippen LogP contribution in [-0.4, -0.2) is 20.1 Å². The zero-order valence-electron chi connectivity index (χ0n) is 11.2. The Hall–Kier alpha value is -0.430. The van der Waals surface area contributed by atoms with Crippen LogP contribution < -0.4 is 4.72 Å². The summed E-state index contributed by atoms with van der Waals surface area (Å²) >= 11 is 1.16. The molecule has 0 bridgehead atoms. The average molecular weight is 303 g/mol. The number of aliphatic hydroxyl groups excluding tert-OH is 1. The Morgan fingerprint density at radius 2 is 2.05 bits per heavy atom. The van der Waals surface area contributed by atoms with Crippen LogP contribution in [0.5, 0.6) is 0 Å². The van der Waals surface area contributed by atoms with Crippen LogP contribution >= 0.6 is 11.3 Å². The third-order valence-electron chi connectivity index (χ3n) is 3.83. The topological polar surface area (TPSA) is 66.4 Å². The Labute approximate surface area is 118 Å². The lowest BCUT2D eigenvalue weighted by Gasteiger charge is -2.33. The van der Waals surface area contributed by atoms with Crippen molar-refractivity contribution in [2.24, 2.45) is 5.41 Å². The molecule has 0 spiro atoms. The lowest BCUT2D eigenvalue weighted by Crippen LogP contribution is -2.36. The van der Waals surface area contributed by atoms with Crippen LogP contribution in [0.15, 0.2) is 15.7 Å². The molecule has 0 amide bonds. The van der Waals surface area contributed by atoms with Crippen molar-refractivity contribution in [1.29, 1.82) is 0 Å². The van der Waals surface area contributed by atoms with Crippen LogP contribution in [0.25, 0.3) is 0 Å².